The van der Waals surface area contributed by atoms with E-state index in [-0.39, 0.29) is 0 Å². The number of methoxy groups -OCH3 is 1. The molecule has 3 nitrogen and oxygen atoms in total. The highest BCUT2D eigenvalue weighted by molar-refractivity contribution is 5.45. The molecule has 0 spiro atoms. The number of ether oxygens (including phenoxy) is 1. The number of hydrogen-bond donors (Lipinski definition) is 1. The average molecular weight is 232 g/mol. The summed E-state index contributed by atoms with van der Waals surface area (Å²) < 4.78 is 5.19. The van der Waals surface area contributed by atoms with Crippen molar-refractivity contribution in [2.45, 2.75) is 39.3 Å². The summed E-state index contributed by atoms with van der Waals surface area (Å²) >= 11 is 0. The quantitative estimate of drug-likeness (QED) is 0.820. The average Bonchev–Trinajstić information content (AvgIpc) is 2.39. The zero-order valence-electron chi connectivity index (χ0n) is 10.8. The van der Waals surface area contributed by atoms with Gasteiger partial charge in [0, 0.05) is 12.6 Å². The highest BCUT2D eigenvalue weighted by Crippen LogP contribution is 2.19. The van der Waals surface area contributed by atoms with Crippen molar-refractivity contribution in [2.75, 3.05) is 7.11 Å². The third-order valence-electron chi connectivity index (χ3n) is 2.97. The predicted octanol–water partition coefficient (Wildman–Crippen LogP) is 2.85. The first-order valence-electron chi connectivity index (χ1n) is 6.05. The maximum absolute atomic E-state index is 8.89. The summed E-state index contributed by atoms with van der Waals surface area (Å²) in [7, 11) is 1.59. The van der Waals surface area contributed by atoms with Gasteiger partial charge in [-0.05, 0) is 30.5 Å². The molecule has 0 amide bonds. The molecule has 1 rings (SSSR count). The summed E-state index contributed by atoms with van der Waals surface area (Å²) in [6, 6.07) is 8.37. The molecule has 0 bridgehead atoms. The van der Waals surface area contributed by atoms with Crippen molar-refractivity contribution >= 4 is 0 Å². The van der Waals surface area contributed by atoms with Crippen LogP contribution in [-0.4, -0.2) is 13.2 Å². The van der Waals surface area contributed by atoms with Crippen LogP contribution in [0.15, 0.2) is 18.2 Å². The van der Waals surface area contributed by atoms with Crippen LogP contribution in [0.2, 0.25) is 0 Å². The zero-order valence-corrected chi connectivity index (χ0v) is 10.8. The topological polar surface area (TPSA) is 45.0 Å². The first-order valence-corrected chi connectivity index (χ1v) is 6.05. The molecular formula is C14H20N2O. The second kappa shape index (κ2) is 6.93. The van der Waals surface area contributed by atoms with Crippen molar-refractivity contribution in [3.05, 3.63) is 29.3 Å². The number of nitriles is 1. The van der Waals surface area contributed by atoms with E-state index in [1.54, 1.807) is 7.11 Å². The van der Waals surface area contributed by atoms with Gasteiger partial charge >= 0.3 is 0 Å². The van der Waals surface area contributed by atoms with E-state index < -0.39 is 0 Å². The molecule has 1 N–H and O–H groups in total. The molecule has 3 heteroatoms. The Morgan fingerprint density at radius 3 is 2.59 bits per heavy atom. The van der Waals surface area contributed by atoms with E-state index in [0.29, 0.717) is 17.4 Å². The third-order valence-corrected chi connectivity index (χ3v) is 2.97. The standard InChI is InChI=1S/C14H20N2O/c1-4-13(5-2)16-10-11-6-7-12(9-15)14(8-11)17-3/h6-8,13,16H,4-5,10H2,1-3H3. The molecule has 0 atom stereocenters. The number of rotatable bonds is 6. The molecule has 0 saturated heterocycles. The van der Waals surface area contributed by atoms with Crippen molar-refractivity contribution in [1.82, 2.24) is 5.32 Å². The lowest BCUT2D eigenvalue weighted by Gasteiger charge is -2.15. The van der Waals surface area contributed by atoms with Crippen LogP contribution in [0, 0.1) is 11.3 Å². The molecule has 0 aliphatic heterocycles. The Hall–Kier alpha value is -1.53. The van der Waals surface area contributed by atoms with Crippen molar-refractivity contribution in [3.8, 4) is 11.8 Å². The molecule has 0 heterocycles. The highest BCUT2D eigenvalue weighted by Gasteiger charge is 2.05. The van der Waals surface area contributed by atoms with Gasteiger partial charge in [0.05, 0.1) is 12.7 Å². The largest absolute Gasteiger partial charge is 0.495 e. The molecule has 0 aliphatic carbocycles. The summed E-state index contributed by atoms with van der Waals surface area (Å²) in [5.41, 5.74) is 1.73. The van der Waals surface area contributed by atoms with Gasteiger partial charge in [-0.1, -0.05) is 19.9 Å². The van der Waals surface area contributed by atoms with Gasteiger partial charge in [0.1, 0.15) is 11.8 Å². The van der Waals surface area contributed by atoms with Gasteiger partial charge in [0.2, 0.25) is 0 Å². The molecule has 17 heavy (non-hydrogen) atoms. The van der Waals surface area contributed by atoms with Crippen molar-refractivity contribution in [2.24, 2.45) is 0 Å². The van der Waals surface area contributed by atoms with Gasteiger partial charge in [-0.3, -0.25) is 0 Å². The lowest BCUT2D eigenvalue weighted by atomic mass is 10.1. The monoisotopic (exact) mass is 232 g/mol. The van der Waals surface area contributed by atoms with E-state index in [1.165, 1.54) is 0 Å². The SMILES string of the molecule is CCC(CC)NCc1ccc(C#N)c(OC)c1. The Morgan fingerprint density at radius 1 is 1.35 bits per heavy atom. The Labute approximate surface area is 103 Å². The summed E-state index contributed by atoms with van der Waals surface area (Å²) in [5.74, 6) is 0.649. The van der Waals surface area contributed by atoms with Crippen LogP contribution in [0.25, 0.3) is 0 Å². The molecule has 0 unspecified atom stereocenters. The number of nitrogens with one attached hydrogen (secondary N) is 1. The van der Waals surface area contributed by atoms with Crippen molar-refractivity contribution in [3.63, 3.8) is 0 Å². The van der Waals surface area contributed by atoms with Gasteiger partial charge < -0.3 is 10.1 Å². The normalized spacial score (nSPS) is 10.3. The second-order valence-electron chi connectivity index (χ2n) is 4.04. The fourth-order valence-electron chi connectivity index (χ4n) is 1.78. The first-order chi connectivity index (χ1) is 8.24. The minimum atomic E-state index is 0.552. The summed E-state index contributed by atoms with van der Waals surface area (Å²) in [6.45, 7) is 5.18. The minimum Gasteiger partial charge on any atom is -0.495 e. The van der Waals surface area contributed by atoms with Gasteiger partial charge in [0.15, 0.2) is 0 Å². The van der Waals surface area contributed by atoms with Gasteiger partial charge in [-0.2, -0.15) is 5.26 Å². The van der Waals surface area contributed by atoms with E-state index in [2.05, 4.69) is 25.2 Å². The van der Waals surface area contributed by atoms with Crippen LogP contribution in [0.3, 0.4) is 0 Å². The Kier molecular flexibility index (Phi) is 5.51. The molecular weight excluding hydrogens is 212 g/mol. The summed E-state index contributed by atoms with van der Waals surface area (Å²) in [5, 5.41) is 12.4. The summed E-state index contributed by atoms with van der Waals surface area (Å²) in [6.07, 6.45) is 2.26. The van der Waals surface area contributed by atoms with E-state index in [9.17, 15) is 0 Å². The van der Waals surface area contributed by atoms with Crippen LogP contribution >= 0.6 is 0 Å². The first kappa shape index (κ1) is 13.5. The van der Waals surface area contributed by atoms with E-state index >= 15 is 0 Å². The summed E-state index contributed by atoms with van der Waals surface area (Å²) in [4.78, 5) is 0. The Morgan fingerprint density at radius 2 is 2.06 bits per heavy atom. The molecule has 1 aromatic carbocycles. The smallest absolute Gasteiger partial charge is 0.136 e. The van der Waals surface area contributed by atoms with Crippen LogP contribution in [0.1, 0.15) is 37.8 Å². The van der Waals surface area contributed by atoms with Crippen molar-refractivity contribution < 1.29 is 4.74 Å². The number of hydrogen-bond acceptors (Lipinski definition) is 3. The Balaban J connectivity index is 2.70. The van der Waals surface area contributed by atoms with E-state index in [0.717, 1.165) is 24.9 Å². The molecule has 0 radical (unpaired) electrons. The number of benzene rings is 1. The molecule has 1 aromatic rings. The van der Waals surface area contributed by atoms with Crippen molar-refractivity contribution in [1.29, 1.82) is 5.26 Å². The maximum Gasteiger partial charge on any atom is 0.136 e. The lowest BCUT2D eigenvalue weighted by Crippen LogP contribution is -2.26. The van der Waals surface area contributed by atoms with Crippen LogP contribution in [0.4, 0.5) is 0 Å². The highest BCUT2D eigenvalue weighted by atomic mass is 16.5. The zero-order chi connectivity index (χ0) is 12.7. The van der Waals surface area contributed by atoms with Crippen LogP contribution in [0.5, 0.6) is 5.75 Å². The van der Waals surface area contributed by atoms with E-state index in [4.69, 9.17) is 10.00 Å². The van der Waals surface area contributed by atoms with Gasteiger partial charge in [-0.15, -0.1) is 0 Å². The fraction of sp³-hybridized carbons (Fsp3) is 0.500. The third kappa shape index (κ3) is 3.76. The number of nitrogens with zero attached hydrogens (tertiary/aromatic N) is 1. The fourth-order valence-corrected chi connectivity index (χ4v) is 1.78. The molecule has 0 aliphatic rings. The second-order valence-corrected chi connectivity index (χ2v) is 4.04. The van der Waals surface area contributed by atoms with Gasteiger partial charge in [-0.25, -0.2) is 0 Å². The van der Waals surface area contributed by atoms with Crippen LogP contribution < -0.4 is 10.1 Å². The Bertz CT molecular complexity index is 392. The molecule has 0 aromatic heterocycles. The predicted molar refractivity (Wildman–Crippen MR) is 68.9 cm³/mol. The van der Waals surface area contributed by atoms with Crippen LogP contribution in [-0.2, 0) is 6.54 Å². The van der Waals surface area contributed by atoms with E-state index in [1.807, 2.05) is 18.2 Å². The molecule has 92 valence electrons. The van der Waals surface area contributed by atoms with Gasteiger partial charge in [0.25, 0.3) is 0 Å². The molecule has 0 saturated carbocycles. The minimum absolute atomic E-state index is 0.552. The molecule has 0 fully saturated rings. The lowest BCUT2D eigenvalue weighted by molar-refractivity contribution is 0.412. The maximum atomic E-state index is 8.89.